The summed E-state index contributed by atoms with van der Waals surface area (Å²) in [7, 11) is 0. The minimum Gasteiger partial charge on any atom is -0.375 e. The third-order valence-electron chi connectivity index (χ3n) is 3.05. The number of rotatable bonds is 8. The summed E-state index contributed by atoms with van der Waals surface area (Å²) >= 11 is 1.38. The van der Waals surface area contributed by atoms with E-state index in [4.69, 9.17) is 0 Å². The molecule has 0 unspecified atom stereocenters. The van der Waals surface area contributed by atoms with Crippen molar-refractivity contribution < 1.29 is 4.79 Å². The molecule has 0 fully saturated rings. The predicted octanol–water partition coefficient (Wildman–Crippen LogP) is 2.80. The zero-order chi connectivity index (χ0) is 13.5. The van der Waals surface area contributed by atoms with Crippen LogP contribution < -0.4 is 5.32 Å². The third-order valence-corrected chi connectivity index (χ3v) is 3.94. The van der Waals surface area contributed by atoms with Crippen molar-refractivity contribution >= 4 is 22.3 Å². The summed E-state index contributed by atoms with van der Waals surface area (Å²) in [6, 6.07) is 0. The average molecular weight is 269 g/mol. The number of aromatic nitrogens is 1. The Bertz CT molecular complexity index is 386. The number of carbonyl (C=O) groups is 1. The lowest BCUT2D eigenvalue weighted by Gasteiger charge is -2.17. The Labute approximate surface area is 114 Å². The molecule has 4 nitrogen and oxygen atoms in total. The van der Waals surface area contributed by atoms with E-state index in [1.54, 1.807) is 6.92 Å². The van der Waals surface area contributed by atoms with Gasteiger partial charge in [-0.25, -0.2) is 0 Å². The molecule has 18 heavy (non-hydrogen) atoms. The molecule has 1 aromatic heterocycles. The van der Waals surface area contributed by atoms with Gasteiger partial charge in [0.2, 0.25) is 0 Å². The van der Waals surface area contributed by atoms with E-state index in [1.165, 1.54) is 11.5 Å². The minimum absolute atomic E-state index is 0.0903. The van der Waals surface area contributed by atoms with Crippen LogP contribution in [0.4, 0.5) is 5.00 Å². The van der Waals surface area contributed by atoms with Crippen molar-refractivity contribution in [2.45, 2.75) is 34.1 Å². The zero-order valence-corrected chi connectivity index (χ0v) is 12.6. The van der Waals surface area contributed by atoms with Gasteiger partial charge in [0.15, 0.2) is 5.78 Å². The second-order valence-corrected chi connectivity index (χ2v) is 5.11. The molecule has 0 saturated carbocycles. The topological polar surface area (TPSA) is 45.2 Å². The van der Waals surface area contributed by atoms with E-state index in [0.717, 1.165) is 48.9 Å². The number of hydrogen-bond acceptors (Lipinski definition) is 5. The van der Waals surface area contributed by atoms with Gasteiger partial charge in [-0.15, -0.1) is 0 Å². The Kier molecular flexibility index (Phi) is 6.29. The Morgan fingerprint density at radius 3 is 2.61 bits per heavy atom. The molecule has 0 spiro atoms. The van der Waals surface area contributed by atoms with Gasteiger partial charge in [0.1, 0.15) is 5.00 Å². The van der Waals surface area contributed by atoms with Crippen molar-refractivity contribution in [2.75, 3.05) is 31.5 Å². The molecule has 1 N–H and O–H groups in total. The summed E-state index contributed by atoms with van der Waals surface area (Å²) < 4.78 is 4.23. The second kappa shape index (κ2) is 7.48. The molecular formula is C13H23N3OS. The fourth-order valence-corrected chi connectivity index (χ4v) is 2.82. The van der Waals surface area contributed by atoms with Gasteiger partial charge in [0.25, 0.3) is 0 Å². The van der Waals surface area contributed by atoms with Gasteiger partial charge >= 0.3 is 0 Å². The lowest BCUT2D eigenvalue weighted by atomic mass is 10.2. The van der Waals surface area contributed by atoms with Crippen LogP contribution in [0.2, 0.25) is 0 Å². The zero-order valence-electron chi connectivity index (χ0n) is 11.7. The second-order valence-electron chi connectivity index (χ2n) is 4.34. The molecule has 0 aromatic carbocycles. The lowest BCUT2D eigenvalue weighted by Crippen LogP contribution is -2.25. The number of nitrogens with one attached hydrogen (secondary N) is 1. The minimum atomic E-state index is 0.0903. The van der Waals surface area contributed by atoms with E-state index in [2.05, 4.69) is 28.4 Å². The number of aryl methyl sites for hydroxylation is 1. The Morgan fingerprint density at radius 1 is 1.39 bits per heavy atom. The molecule has 0 amide bonds. The molecule has 0 saturated heterocycles. The highest BCUT2D eigenvalue weighted by Gasteiger charge is 2.14. The van der Waals surface area contributed by atoms with Crippen molar-refractivity contribution in [3.8, 4) is 0 Å². The molecule has 0 aliphatic heterocycles. The smallest absolute Gasteiger partial charge is 0.164 e. The number of ketones is 1. The molecule has 0 radical (unpaired) electrons. The maximum Gasteiger partial charge on any atom is 0.164 e. The SMILES string of the molecule is CCN(CC)CCCNc1snc(C)c1C(C)=O. The van der Waals surface area contributed by atoms with Crippen LogP contribution in [-0.2, 0) is 0 Å². The van der Waals surface area contributed by atoms with Crippen LogP contribution in [0.1, 0.15) is 43.2 Å². The van der Waals surface area contributed by atoms with E-state index in [-0.39, 0.29) is 5.78 Å². The van der Waals surface area contributed by atoms with Gasteiger partial charge < -0.3 is 10.2 Å². The van der Waals surface area contributed by atoms with E-state index in [1.807, 2.05) is 6.92 Å². The Balaban J connectivity index is 2.42. The van der Waals surface area contributed by atoms with Gasteiger partial charge in [-0.3, -0.25) is 4.79 Å². The molecule has 0 aliphatic carbocycles. The van der Waals surface area contributed by atoms with Crippen LogP contribution in [0.15, 0.2) is 0 Å². The number of anilines is 1. The van der Waals surface area contributed by atoms with Crippen LogP contribution in [0, 0.1) is 6.92 Å². The molecule has 0 atom stereocenters. The summed E-state index contributed by atoms with van der Waals surface area (Å²) in [4.78, 5) is 13.9. The van der Waals surface area contributed by atoms with Gasteiger partial charge in [-0.2, -0.15) is 4.37 Å². The molecule has 1 heterocycles. The molecule has 0 aliphatic rings. The van der Waals surface area contributed by atoms with E-state index in [0.29, 0.717) is 0 Å². The predicted molar refractivity (Wildman–Crippen MR) is 77.8 cm³/mol. The Hall–Kier alpha value is -0.940. The first-order chi connectivity index (χ1) is 8.60. The fraction of sp³-hybridized carbons (Fsp3) is 0.692. The molecule has 1 rings (SSSR count). The van der Waals surface area contributed by atoms with Gasteiger partial charge in [0.05, 0.1) is 11.3 Å². The van der Waals surface area contributed by atoms with Crippen molar-refractivity contribution in [1.29, 1.82) is 0 Å². The number of carbonyl (C=O) groups excluding carboxylic acids is 1. The Morgan fingerprint density at radius 2 is 2.06 bits per heavy atom. The first kappa shape index (κ1) is 15.1. The molecule has 5 heteroatoms. The summed E-state index contributed by atoms with van der Waals surface area (Å²) in [5.74, 6) is 0.0903. The molecular weight excluding hydrogens is 246 g/mol. The van der Waals surface area contributed by atoms with Crippen LogP contribution >= 0.6 is 11.5 Å². The highest BCUT2D eigenvalue weighted by Crippen LogP contribution is 2.24. The summed E-state index contributed by atoms with van der Waals surface area (Å²) in [6.07, 6.45) is 1.08. The van der Waals surface area contributed by atoms with Gasteiger partial charge in [0, 0.05) is 6.54 Å². The van der Waals surface area contributed by atoms with E-state index in [9.17, 15) is 4.79 Å². The average Bonchev–Trinajstić information content (AvgIpc) is 2.71. The maximum absolute atomic E-state index is 11.5. The van der Waals surface area contributed by atoms with Crippen molar-refractivity contribution in [1.82, 2.24) is 9.27 Å². The lowest BCUT2D eigenvalue weighted by molar-refractivity contribution is 0.101. The molecule has 1 aromatic rings. The summed E-state index contributed by atoms with van der Waals surface area (Å²) in [5, 5.41) is 4.24. The standard InChI is InChI=1S/C13H23N3OS/c1-5-16(6-2)9-7-8-14-13-12(11(4)17)10(3)15-18-13/h14H,5-9H2,1-4H3. The van der Waals surface area contributed by atoms with Gasteiger partial charge in [-0.05, 0) is 51.4 Å². The first-order valence-electron chi connectivity index (χ1n) is 6.53. The molecule has 102 valence electrons. The van der Waals surface area contributed by atoms with Crippen LogP contribution in [0.25, 0.3) is 0 Å². The van der Waals surface area contributed by atoms with Crippen molar-refractivity contribution in [3.63, 3.8) is 0 Å². The number of Topliss-reactive ketones (excluding diaryl/α,β-unsaturated/α-hetero) is 1. The monoisotopic (exact) mass is 269 g/mol. The molecule has 0 bridgehead atoms. The quantitative estimate of drug-likeness (QED) is 0.582. The fourth-order valence-electron chi connectivity index (χ4n) is 1.95. The number of hydrogen-bond donors (Lipinski definition) is 1. The van der Waals surface area contributed by atoms with Crippen LogP contribution in [-0.4, -0.2) is 41.2 Å². The van der Waals surface area contributed by atoms with Crippen LogP contribution in [0.5, 0.6) is 0 Å². The highest BCUT2D eigenvalue weighted by molar-refractivity contribution is 7.10. The van der Waals surface area contributed by atoms with Crippen molar-refractivity contribution in [3.05, 3.63) is 11.3 Å². The van der Waals surface area contributed by atoms with E-state index < -0.39 is 0 Å². The first-order valence-corrected chi connectivity index (χ1v) is 7.30. The summed E-state index contributed by atoms with van der Waals surface area (Å²) in [5.41, 5.74) is 1.58. The van der Waals surface area contributed by atoms with Crippen molar-refractivity contribution in [2.24, 2.45) is 0 Å². The normalized spacial score (nSPS) is 10.9. The van der Waals surface area contributed by atoms with E-state index >= 15 is 0 Å². The van der Waals surface area contributed by atoms with Gasteiger partial charge in [-0.1, -0.05) is 13.8 Å². The highest BCUT2D eigenvalue weighted by atomic mass is 32.1. The third kappa shape index (κ3) is 4.07. The number of nitrogens with zero attached hydrogens (tertiary/aromatic N) is 2. The summed E-state index contributed by atoms with van der Waals surface area (Å²) in [6.45, 7) is 12.0. The largest absolute Gasteiger partial charge is 0.375 e. The van der Waals surface area contributed by atoms with Crippen LogP contribution in [0.3, 0.4) is 0 Å². The maximum atomic E-state index is 11.5.